The highest BCUT2D eigenvalue weighted by Gasteiger charge is 2.32. The van der Waals surface area contributed by atoms with Gasteiger partial charge in [0.25, 0.3) is 0 Å². The van der Waals surface area contributed by atoms with Crippen LogP contribution in [0.3, 0.4) is 0 Å². The summed E-state index contributed by atoms with van der Waals surface area (Å²) in [6.07, 6.45) is 3.04. The van der Waals surface area contributed by atoms with Gasteiger partial charge < -0.3 is 16.8 Å². The van der Waals surface area contributed by atoms with Crippen LogP contribution in [-0.2, 0) is 4.79 Å². The maximum Gasteiger partial charge on any atom is 0.227 e. The van der Waals surface area contributed by atoms with Gasteiger partial charge in [-0.1, -0.05) is 22.4 Å². The first-order valence-corrected chi connectivity index (χ1v) is 7.38. The normalized spacial score (nSPS) is 22.5. The molecule has 1 fully saturated rings. The number of aryl methyl sites for hydroxylation is 1. The molecule has 2 atom stereocenters. The lowest BCUT2D eigenvalue weighted by atomic mass is 9.95. The Kier molecular flexibility index (Phi) is 4.47. The van der Waals surface area contributed by atoms with Gasteiger partial charge in [0.15, 0.2) is 0 Å². The number of carbonyl (C=O) groups excluding carboxylic acids is 1. The number of carbonyl (C=O) groups is 1. The molecule has 5 N–H and O–H groups in total. The van der Waals surface area contributed by atoms with Crippen LogP contribution < -0.4 is 16.8 Å². The first-order valence-electron chi connectivity index (χ1n) is 6.59. The van der Waals surface area contributed by atoms with E-state index in [2.05, 4.69) is 21.2 Å². The summed E-state index contributed by atoms with van der Waals surface area (Å²) in [6, 6.07) is 3.77. The van der Waals surface area contributed by atoms with Crippen molar-refractivity contribution in [1.82, 2.24) is 0 Å². The molecule has 0 saturated heterocycles. The van der Waals surface area contributed by atoms with Crippen molar-refractivity contribution < 1.29 is 4.79 Å². The van der Waals surface area contributed by atoms with E-state index in [9.17, 15) is 4.79 Å². The van der Waals surface area contributed by atoms with Gasteiger partial charge >= 0.3 is 0 Å². The Bertz CT molecular complexity index is 490. The van der Waals surface area contributed by atoms with Gasteiger partial charge in [0.05, 0.1) is 11.4 Å². The van der Waals surface area contributed by atoms with Gasteiger partial charge in [-0.05, 0) is 49.9 Å². The summed E-state index contributed by atoms with van der Waals surface area (Å²) in [7, 11) is 0. The third-order valence-corrected chi connectivity index (χ3v) is 4.37. The molecule has 0 bridgehead atoms. The van der Waals surface area contributed by atoms with Crippen LogP contribution in [0.25, 0.3) is 0 Å². The second-order valence-electron chi connectivity index (χ2n) is 5.21. The predicted octanol–water partition coefficient (Wildman–Crippen LogP) is 2.65. The van der Waals surface area contributed by atoms with Gasteiger partial charge in [0.2, 0.25) is 5.91 Å². The first-order chi connectivity index (χ1) is 9.02. The third kappa shape index (κ3) is 3.09. The average molecular weight is 326 g/mol. The second-order valence-corrected chi connectivity index (χ2v) is 6.12. The lowest BCUT2D eigenvalue weighted by Crippen LogP contribution is -2.30. The Morgan fingerprint density at radius 2 is 2.21 bits per heavy atom. The molecule has 1 aromatic rings. The quantitative estimate of drug-likeness (QED) is 0.747. The average Bonchev–Trinajstić information content (AvgIpc) is 2.83. The molecule has 0 aromatic heterocycles. The number of hydrogen-bond acceptors (Lipinski definition) is 3. The fourth-order valence-corrected chi connectivity index (χ4v) is 3.32. The van der Waals surface area contributed by atoms with Gasteiger partial charge in [0, 0.05) is 10.4 Å². The van der Waals surface area contributed by atoms with Crippen molar-refractivity contribution >= 4 is 33.2 Å². The molecule has 0 heterocycles. The summed E-state index contributed by atoms with van der Waals surface area (Å²) in [5.74, 6) is 0.357. The molecule has 5 heteroatoms. The largest absolute Gasteiger partial charge is 0.397 e. The van der Waals surface area contributed by atoms with E-state index < -0.39 is 0 Å². The summed E-state index contributed by atoms with van der Waals surface area (Å²) in [5, 5.41) is 2.95. The van der Waals surface area contributed by atoms with E-state index in [1.807, 2.05) is 19.1 Å². The lowest BCUT2D eigenvalue weighted by Gasteiger charge is -2.18. The molecular formula is C14H20BrN3O. The zero-order chi connectivity index (χ0) is 14.0. The summed E-state index contributed by atoms with van der Waals surface area (Å²) < 4.78 is 0.913. The summed E-state index contributed by atoms with van der Waals surface area (Å²) in [5.41, 5.74) is 14.0. The van der Waals surface area contributed by atoms with Crippen LogP contribution in [0, 0.1) is 18.8 Å². The van der Waals surface area contributed by atoms with E-state index in [0.717, 1.165) is 29.3 Å². The van der Waals surface area contributed by atoms with Crippen LogP contribution in [0.15, 0.2) is 16.6 Å². The van der Waals surface area contributed by atoms with Crippen LogP contribution >= 0.6 is 15.9 Å². The van der Waals surface area contributed by atoms with Crippen molar-refractivity contribution in [1.29, 1.82) is 0 Å². The smallest absolute Gasteiger partial charge is 0.227 e. The Balaban J connectivity index is 2.15. The van der Waals surface area contributed by atoms with E-state index in [1.54, 1.807) is 0 Å². The van der Waals surface area contributed by atoms with E-state index in [0.29, 0.717) is 23.8 Å². The van der Waals surface area contributed by atoms with E-state index in [4.69, 9.17) is 11.5 Å². The van der Waals surface area contributed by atoms with E-state index >= 15 is 0 Å². The Morgan fingerprint density at radius 3 is 2.89 bits per heavy atom. The van der Waals surface area contributed by atoms with Crippen molar-refractivity contribution in [3.8, 4) is 0 Å². The maximum atomic E-state index is 12.3. The lowest BCUT2D eigenvalue weighted by molar-refractivity contribution is -0.120. The van der Waals surface area contributed by atoms with Gasteiger partial charge in [0.1, 0.15) is 0 Å². The number of hydrogen-bond donors (Lipinski definition) is 3. The number of anilines is 2. The third-order valence-electron chi connectivity index (χ3n) is 3.91. The molecule has 2 rings (SSSR count). The highest BCUT2D eigenvalue weighted by Crippen LogP contribution is 2.33. The van der Waals surface area contributed by atoms with Crippen LogP contribution in [0.2, 0.25) is 0 Å². The highest BCUT2D eigenvalue weighted by molar-refractivity contribution is 9.10. The molecule has 0 unspecified atom stereocenters. The zero-order valence-corrected chi connectivity index (χ0v) is 12.7. The standard InChI is InChI=1S/C14H20BrN3O/c1-8-5-10(15)6-12(13(8)17)18-14(19)11-4-2-3-9(11)7-16/h5-6,9,11H,2-4,7,16-17H2,1H3,(H,18,19)/t9-,11-/m1/s1. The fourth-order valence-electron chi connectivity index (χ4n) is 2.75. The second kappa shape index (κ2) is 5.92. The minimum Gasteiger partial charge on any atom is -0.397 e. The minimum absolute atomic E-state index is 0.0173. The molecular weight excluding hydrogens is 306 g/mol. The maximum absolute atomic E-state index is 12.3. The topological polar surface area (TPSA) is 81.1 Å². The minimum atomic E-state index is 0.0173. The van der Waals surface area contributed by atoms with Crippen LogP contribution in [0.4, 0.5) is 11.4 Å². The number of nitrogens with two attached hydrogens (primary N) is 2. The SMILES string of the molecule is Cc1cc(Br)cc(NC(=O)[C@@H]2CCC[C@@H]2CN)c1N. The Hall–Kier alpha value is -1.07. The molecule has 1 aliphatic rings. The van der Waals surface area contributed by atoms with Crippen LogP contribution in [0.5, 0.6) is 0 Å². The first kappa shape index (κ1) is 14.3. The van der Waals surface area contributed by atoms with Gasteiger partial charge in [-0.15, -0.1) is 0 Å². The predicted molar refractivity (Wildman–Crippen MR) is 81.8 cm³/mol. The van der Waals surface area contributed by atoms with Crippen molar-refractivity contribution in [2.45, 2.75) is 26.2 Å². The Morgan fingerprint density at radius 1 is 1.47 bits per heavy atom. The fraction of sp³-hybridized carbons (Fsp3) is 0.500. The van der Waals surface area contributed by atoms with Gasteiger partial charge in [-0.2, -0.15) is 0 Å². The summed E-state index contributed by atoms with van der Waals surface area (Å²) in [6.45, 7) is 2.50. The van der Waals surface area contributed by atoms with Crippen LogP contribution in [-0.4, -0.2) is 12.5 Å². The number of nitrogens with one attached hydrogen (secondary N) is 1. The molecule has 1 aromatic carbocycles. The number of amides is 1. The number of benzene rings is 1. The molecule has 4 nitrogen and oxygen atoms in total. The summed E-state index contributed by atoms with van der Waals surface area (Å²) >= 11 is 3.42. The molecule has 0 radical (unpaired) electrons. The van der Waals surface area contributed by atoms with Gasteiger partial charge in [-0.25, -0.2) is 0 Å². The van der Waals surface area contributed by atoms with Crippen molar-refractivity contribution in [3.05, 3.63) is 22.2 Å². The molecule has 1 aliphatic carbocycles. The molecule has 1 saturated carbocycles. The van der Waals surface area contributed by atoms with E-state index in [-0.39, 0.29) is 11.8 Å². The van der Waals surface area contributed by atoms with E-state index in [1.165, 1.54) is 0 Å². The van der Waals surface area contributed by atoms with Crippen molar-refractivity contribution in [2.24, 2.45) is 17.6 Å². The number of nitrogen functional groups attached to an aromatic ring is 1. The monoisotopic (exact) mass is 325 g/mol. The number of halogens is 1. The molecule has 104 valence electrons. The number of rotatable bonds is 3. The molecule has 0 aliphatic heterocycles. The highest BCUT2D eigenvalue weighted by atomic mass is 79.9. The van der Waals surface area contributed by atoms with Crippen molar-refractivity contribution in [2.75, 3.05) is 17.6 Å². The van der Waals surface area contributed by atoms with Crippen LogP contribution in [0.1, 0.15) is 24.8 Å². The molecule has 0 spiro atoms. The summed E-state index contributed by atoms with van der Waals surface area (Å²) in [4.78, 5) is 12.3. The molecule has 1 amide bonds. The zero-order valence-electron chi connectivity index (χ0n) is 11.1. The Labute approximate surface area is 122 Å². The molecule has 19 heavy (non-hydrogen) atoms. The van der Waals surface area contributed by atoms with Crippen molar-refractivity contribution in [3.63, 3.8) is 0 Å². The van der Waals surface area contributed by atoms with Gasteiger partial charge in [-0.3, -0.25) is 4.79 Å².